The van der Waals surface area contributed by atoms with Gasteiger partial charge in [-0.15, -0.1) is 0 Å². The number of ether oxygens (including phenoxy) is 1. The van der Waals surface area contributed by atoms with E-state index in [0.717, 1.165) is 43.7 Å². The highest BCUT2D eigenvalue weighted by atomic mass is 16.5. The molecular weight excluding hydrogens is 298 g/mol. The third kappa shape index (κ3) is 3.97. The van der Waals surface area contributed by atoms with E-state index in [1.54, 1.807) is 0 Å². The fraction of sp³-hybridized carbons (Fsp3) is 0.381. The fourth-order valence-electron chi connectivity index (χ4n) is 3.24. The molecule has 3 heteroatoms. The van der Waals surface area contributed by atoms with Crippen LogP contribution in [0.1, 0.15) is 48.0 Å². The van der Waals surface area contributed by atoms with Gasteiger partial charge in [0.05, 0.1) is 6.61 Å². The molecule has 0 aliphatic carbocycles. The molecule has 3 rings (SSSR count). The maximum atomic E-state index is 12.7. The van der Waals surface area contributed by atoms with Crippen LogP contribution in [0.25, 0.3) is 0 Å². The summed E-state index contributed by atoms with van der Waals surface area (Å²) in [7, 11) is 0. The van der Waals surface area contributed by atoms with Crippen LogP contribution in [-0.4, -0.2) is 30.5 Å². The van der Waals surface area contributed by atoms with Gasteiger partial charge in [0, 0.05) is 18.7 Å². The van der Waals surface area contributed by atoms with Crippen LogP contribution in [0.4, 0.5) is 0 Å². The molecule has 24 heavy (non-hydrogen) atoms. The van der Waals surface area contributed by atoms with Gasteiger partial charge in [0.15, 0.2) is 0 Å². The Balaban J connectivity index is 1.57. The van der Waals surface area contributed by atoms with Crippen molar-refractivity contribution in [3.05, 3.63) is 65.7 Å². The van der Waals surface area contributed by atoms with Crippen molar-refractivity contribution < 1.29 is 9.53 Å². The van der Waals surface area contributed by atoms with Crippen molar-refractivity contribution in [3.8, 4) is 5.75 Å². The third-order valence-corrected chi connectivity index (χ3v) is 4.63. The van der Waals surface area contributed by atoms with Crippen LogP contribution in [0, 0.1) is 0 Å². The Kier molecular flexibility index (Phi) is 5.52. The molecule has 1 saturated heterocycles. The average molecular weight is 323 g/mol. The van der Waals surface area contributed by atoms with Gasteiger partial charge in [-0.1, -0.05) is 37.3 Å². The summed E-state index contributed by atoms with van der Waals surface area (Å²) in [5.41, 5.74) is 2.14. The van der Waals surface area contributed by atoms with Gasteiger partial charge in [-0.25, -0.2) is 0 Å². The standard InChI is InChI=1S/C21H25NO2/c1-2-16-24-20-10-8-19(9-11-20)21(23)22-14-12-18(13-15-22)17-6-4-3-5-7-17/h3-11,18H,2,12-16H2,1H3. The Bertz CT molecular complexity index is 643. The van der Waals surface area contributed by atoms with Crippen LogP contribution in [0.5, 0.6) is 5.75 Å². The van der Waals surface area contributed by atoms with Gasteiger partial charge in [-0.2, -0.15) is 0 Å². The average Bonchev–Trinajstić information content (AvgIpc) is 2.67. The molecule has 0 atom stereocenters. The van der Waals surface area contributed by atoms with Crippen molar-refractivity contribution in [2.45, 2.75) is 32.1 Å². The van der Waals surface area contributed by atoms with Crippen LogP contribution < -0.4 is 4.74 Å². The highest BCUT2D eigenvalue weighted by molar-refractivity contribution is 5.94. The summed E-state index contributed by atoms with van der Waals surface area (Å²) in [4.78, 5) is 14.6. The van der Waals surface area contributed by atoms with Crippen molar-refractivity contribution in [1.82, 2.24) is 4.90 Å². The van der Waals surface area contributed by atoms with E-state index < -0.39 is 0 Å². The van der Waals surface area contributed by atoms with E-state index in [1.165, 1.54) is 5.56 Å². The summed E-state index contributed by atoms with van der Waals surface area (Å²) in [6, 6.07) is 18.1. The minimum absolute atomic E-state index is 0.128. The maximum absolute atomic E-state index is 12.7. The Morgan fingerprint density at radius 3 is 2.33 bits per heavy atom. The van der Waals surface area contributed by atoms with E-state index in [4.69, 9.17) is 4.74 Å². The van der Waals surface area contributed by atoms with Gasteiger partial charge in [-0.3, -0.25) is 4.79 Å². The molecule has 0 N–H and O–H groups in total. The number of nitrogens with zero attached hydrogens (tertiary/aromatic N) is 1. The first-order valence-electron chi connectivity index (χ1n) is 8.85. The van der Waals surface area contributed by atoms with Crippen molar-refractivity contribution in [2.75, 3.05) is 19.7 Å². The van der Waals surface area contributed by atoms with Gasteiger partial charge in [0.1, 0.15) is 5.75 Å². The molecule has 0 unspecified atom stereocenters. The van der Waals surface area contributed by atoms with Crippen molar-refractivity contribution in [2.24, 2.45) is 0 Å². The van der Waals surface area contributed by atoms with Gasteiger partial charge < -0.3 is 9.64 Å². The molecule has 1 heterocycles. The molecule has 2 aromatic rings. The fourth-order valence-corrected chi connectivity index (χ4v) is 3.24. The first-order chi connectivity index (χ1) is 11.8. The van der Waals surface area contributed by atoms with Crippen LogP contribution >= 0.6 is 0 Å². The number of carbonyl (C=O) groups excluding carboxylic acids is 1. The van der Waals surface area contributed by atoms with E-state index >= 15 is 0 Å². The first-order valence-corrected chi connectivity index (χ1v) is 8.85. The zero-order chi connectivity index (χ0) is 16.8. The number of benzene rings is 2. The number of rotatable bonds is 5. The summed E-state index contributed by atoms with van der Waals surface area (Å²) in [6.07, 6.45) is 3.05. The van der Waals surface area contributed by atoms with Crippen LogP contribution in [0.3, 0.4) is 0 Å². The number of hydrogen-bond donors (Lipinski definition) is 0. The molecular formula is C21H25NO2. The summed E-state index contributed by atoms with van der Waals surface area (Å²) in [5.74, 6) is 1.53. The SMILES string of the molecule is CCCOc1ccc(C(=O)N2CCC(c3ccccc3)CC2)cc1. The van der Waals surface area contributed by atoms with Crippen molar-refractivity contribution in [1.29, 1.82) is 0 Å². The lowest BCUT2D eigenvalue weighted by atomic mass is 9.89. The second kappa shape index (κ2) is 8.00. The predicted molar refractivity (Wildman–Crippen MR) is 96.5 cm³/mol. The predicted octanol–water partition coefficient (Wildman–Crippen LogP) is 4.50. The molecule has 0 spiro atoms. The van der Waals surface area contributed by atoms with E-state index in [9.17, 15) is 4.79 Å². The largest absolute Gasteiger partial charge is 0.494 e. The van der Waals surface area contributed by atoms with Crippen LogP contribution in [0.15, 0.2) is 54.6 Å². The van der Waals surface area contributed by atoms with E-state index in [0.29, 0.717) is 12.5 Å². The van der Waals surface area contributed by atoms with Crippen LogP contribution in [0.2, 0.25) is 0 Å². The molecule has 1 aliphatic heterocycles. The molecule has 1 fully saturated rings. The molecule has 1 amide bonds. The minimum atomic E-state index is 0.128. The molecule has 0 aromatic heterocycles. The number of piperidine rings is 1. The highest BCUT2D eigenvalue weighted by Gasteiger charge is 2.24. The molecule has 1 aliphatic rings. The number of likely N-dealkylation sites (tertiary alicyclic amines) is 1. The number of carbonyl (C=O) groups is 1. The lowest BCUT2D eigenvalue weighted by molar-refractivity contribution is 0.0713. The second-order valence-corrected chi connectivity index (χ2v) is 6.35. The van der Waals surface area contributed by atoms with Gasteiger partial charge in [0.2, 0.25) is 0 Å². The molecule has 3 nitrogen and oxygen atoms in total. The first kappa shape index (κ1) is 16.6. The van der Waals surface area contributed by atoms with E-state index in [1.807, 2.05) is 29.2 Å². The van der Waals surface area contributed by atoms with E-state index in [-0.39, 0.29) is 5.91 Å². The van der Waals surface area contributed by atoms with Gasteiger partial charge >= 0.3 is 0 Å². The topological polar surface area (TPSA) is 29.5 Å². The maximum Gasteiger partial charge on any atom is 0.253 e. The van der Waals surface area contributed by atoms with Crippen molar-refractivity contribution in [3.63, 3.8) is 0 Å². The van der Waals surface area contributed by atoms with Crippen molar-refractivity contribution >= 4 is 5.91 Å². The van der Waals surface area contributed by atoms with Crippen LogP contribution in [-0.2, 0) is 0 Å². The zero-order valence-electron chi connectivity index (χ0n) is 14.3. The molecule has 0 saturated carbocycles. The lowest BCUT2D eigenvalue weighted by Crippen LogP contribution is -2.37. The monoisotopic (exact) mass is 323 g/mol. The van der Waals surface area contributed by atoms with E-state index in [2.05, 4.69) is 37.3 Å². The highest BCUT2D eigenvalue weighted by Crippen LogP contribution is 2.28. The molecule has 0 bridgehead atoms. The minimum Gasteiger partial charge on any atom is -0.494 e. The summed E-state index contributed by atoms with van der Waals surface area (Å²) in [6.45, 7) is 4.44. The smallest absolute Gasteiger partial charge is 0.253 e. The lowest BCUT2D eigenvalue weighted by Gasteiger charge is -2.32. The second-order valence-electron chi connectivity index (χ2n) is 6.35. The molecule has 0 radical (unpaired) electrons. The van der Waals surface area contributed by atoms with Gasteiger partial charge in [-0.05, 0) is 55.0 Å². The Morgan fingerprint density at radius 2 is 1.71 bits per heavy atom. The number of amides is 1. The Morgan fingerprint density at radius 1 is 1.04 bits per heavy atom. The normalized spacial score (nSPS) is 15.3. The van der Waals surface area contributed by atoms with Gasteiger partial charge in [0.25, 0.3) is 5.91 Å². The molecule has 2 aromatic carbocycles. The Hall–Kier alpha value is -2.29. The molecule has 126 valence electrons. The summed E-state index contributed by atoms with van der Waals surface area (Å²) >= 11 is 0. The summed E-state index contributed by atoms with van der Waals surface area (Å²) < 4.78 is 5.57. The Labute approximate surface area is 144 Å². The quantitative estimate of drug-likeness (QED) is 0.811. The summed E-state index contributed by atoms with van der Waals surface area (Å²) in [5, 5.41) is 0. The zero-order valence-corrected chi connectivity index (χ0v) is 14.3. The third-order valence-electron chi connectivity index (χ3n) is 4.63. The number of hydrogen-bond acceptors (Lipinski definition) is 2.